The van der Waals surface area contributed by atoms with Crippen LogP contribution in [-0.2, 0) is 9.47 Å². The minimum Gasteiger partial charge on any atom is -0.389 e. The van der Waals surface area contributed by atoms with Gasteiger partial charge in [0.2, 0.25) is 0 Å². The molecule has 0 saturated heterocycles. The lowest BCUT2D eigenvalue weighted by molar-refractivity contribution is 0.0144. The molecule has 0 aliphatic rings. The lowest BCUT2D eigenvalue weighted by Gasteiger charge is -2.20. The van der Waals surface area contributed by atoms with Crippen LogP contribution in [0.4, 0.5) is 0 Å². The monoisotopic (exact) mass is 276 g/mol. The van der Waals surface area contributed by atoms with E-state index in [0.717, 1.165) is 39.1 Å². The summed E-state index contributed by atoms with van der Waals surface area (Å²) in [4.78, 5) is 4.17. The van der Waals surface area contributed by atoms with Crippen LogP contribution in [0.25, 0.3) is 0 Å². The van der Waals surface area contributed by atoms with Gasteiger partial charge in [0.25, 0.3) is 0 Å². The van der Waals surface area contributed by atoms with Gasteiger partial charge in [-0.1, -0.05) is 13.3 Å². The highest BCUT2D eigenvalue weighted by molar-refractivity contribution is 4.60. The van der Waals surface area contributed by atoms with Crippen LogP contribution in [0.5, 0.6) is 0 Å². The maximum absolute atomic E-state index is 9.78. The molecule has 1 unspecified atom stereocenters. The van der Waals surface area contributed by atoms with E-state index in [1.165, 1.54) is 0 Å². The van der Waals surface area contributed by atoms with E-state index < -0.39 is 6.10 Å². The van der Waals surface area contributed by atoms with Gasteiger partial charge < -0.3 is 24.4 Å². The summed E-state index contributed by atoms with van der Waals surface area (Å²) in [6, 6.07) is 0. The Balaban J connectivity index is 3.38. The summed E-state index contributed by atoms with van der Waals surface area (Å²) in [6.07, 6.45) is 1.77. The number of rotatable bonds is 13. The quantitative estimate of drug-likeness (QED) is 0.501. The molecule has 0 saturated carbocycles. The highest BCUT2D eigenvalue weighted by Gasteiger charge is 2.08. The largest absolute Gasteiger partial charge is 0.389 e. The Bertz CT molecular complexity index is 192. The lowest BCUT2D eigenvalue weighted by atomic mass is 10.3. The topological polar surface area (TPSA) is 45.2 Å². The Labute approximate surface area is 118 Å². The molecule has 0 aliphatic heterocycles. The number of unbranched alkanes of at least 4 members (excludes halogenated alkanes) is 1. The third-order valence-corrected chi connectivity index (χ3v) is 2.78. The molecule has 0 fully saturated rings. The highest BCUT2D eigenvalue weighted by Crippen LogP contribution is 1.94. The standard InChI is InChI=1S/C14H32N2O3/c1-5-6-9-19-13-14(17)12-16(4)8-11-18-10-7-15(2)3/h14,17H,5-13H2,1-4H3. The van der Waals surface area contributed by atoms with Crippen molar-refractivity contribution in [1.82, 2.24) is 9.80 Å². The SMILES string of the molecule is CCCCOCC(O)CN(C)CCOCCN(C)C. The number of ether oxygens (including phenoxy) is 2. The highest BCUT2D eigenvalue weighted by atomic mass is 16.5. The molecule has 5 nitrogen and oxygen atoms in total. The molecule has 5 heteroatoms. The van der Waals surface area contributed by atoms with Crippen LogP contribution in [0, 0.1) is 0 Å². The van der Waals surface area contributed by atoms with Crippen molar-refractivity contribution in [2.24, 2.45) is 0 Å². The van der Waals surface area contributed by atoms with Crippen molar-refractivity contribution in [3.8, 4) is 0 Å². The predicted octanol–water partition coefficient (Wildman–Crippen LogP) is 0.674. The van der Waals surface area contributed by atoms with Crippen LogP contribution in [0.15, 0.2) is 0 Å². The van der Waals surface area contributed by atoms with E-state index in [2.05, 4.69) is 16.7 Å². The Morgan fingerprint density at radius 1 is 1.00 bits per heavy atom. The molecule has 0 amide bonds. The van der Waals surface area contributed by atoms with Crippen molar-refractivity contribution in [3.05, 3.63) is 0 Å². The summed E-state index contributed by atoms with van der Waals surface area (Å²) >= 11 is 0. The van der Waals surface area contributed by atoms with Gasteiger partial charge in [-0.15, -0.1) is 0 Å². The van der Waals surface area contributed by atoms with Crippen LogP contribution in [0.1, 0.15) is 19.8 Å². The van der Waals surface area contributed by atoms with Crippen LogP contribution in [0.3, 0.4) is 0 Å². The zero-order chi connectivity index (χ0) is 14.5. The smallest absolute Gasteiger partial charge is 0.0900 e. The second-order valence-corrected chi connectivity index (χ2v) is 5.26. The Morgan fingerprint density at radius 2 is 1.68 bits per heavy atom. The number of hydrogen-bond donors (Lipinski definition) is 1. The van der Waals surface area contributed by atoms with Crippen molar-refractivity contribution in [2.75, 3.05) is 67.2 Å². The average molecular weight is 276 g/mol. The second kappa shape index (κ2) is 12.8. The van der Waals surface area contributed by atoms with E-state index in [4.69, 9.17) is 9.47 Å². The van der Waals surface area contributed by atoms with Crippen LogP contribution < -0.4 is 0 Å². The Kier molecular flexibility index (Phi) is 12.7. The summed E-state index contributed by atoms with van der Waals surface area (Å²) in [5.74, 6) is 0. The summed E-state index contributed by atoms with van der Waals surface area (Å²) < 4.78 is 10.9. The molecule has 1 atom stereocenters. The van der Waals surface area contributed by atoms with Gasteiger partial charge >= 0.3 is 0 Å². The number of hydrogen-bond acceptors (Lipinski definition) is 5. The Hall–Kier alpha value is -0.200. The first-order valence-corrected chi connectivity index (χ1v) is 7.23. The first kappa shape index (κ1) is 18.8. The van der Waals surface area contributed by atoms with Gasteiger partial charge in [-0.05, 0) is 27.6 Å². The van der Waals surface area contributed by atoms with Crippen molar-refractivity contribution in [2.45, 2.75) is 25.9 Å². The number of likely N-dealkylation sites (N-methyl/N-ethyl adjacent to an activating group) is 2. The third kappa shape index (κ3) is 14.0. The third-order valence-electron chi connectivity index (χ3n) is 2.78. The lowest BCUT2D eigenvalue weighted by Crippen LogP contribution is -2.34. The van der Waals surface area contributed by atoms with Crippen LogP contribution in [0.2, 0.25) is 0 Å². The summed E-state index contributed by atoms with van der Waals surface area (Å²) in [6.45, 7) is 7.15. The molecular formula is C14H32N2O3. The Morgan fingerprint density at radius 3 is 2.32 bits per heavy atom. The molecule has 0 heterocycles. The van der Waals surface area contributed by atoms with Crippen molar-refractivity contribution < 1.29 is 14.6 Å². The average Bonchev–Trinajstić information content (AvgIpc) is 2.34. The minimum atomic E-state index is -0.413. The first-order valence-electron chi connectivity index (χ1n) is 7.23. The van der Waals surface area contributed by atoms with E-state index in [0.29, 0.717) is 19.8 Å². The fourth-order valence-corrected chi connectivity index (χ4v) is 1.54. The molecule has 0 aromatic heterocycles. The molecular weight excluding hydrogens is 244 g/mol. The van der Waals surface area contributed by atoms with E-state index in [9.17, 15) is 5.11 Å². The summed E-state index contributed by atoms with van der Waals surface area (Å²) in [7, 11) is 6.05. The number of nitrogens with zero attached hydrogens (tertiary/aromatic N) is 2. The van der Waals surface area contributed by atoms with Gasteiger partial charge in [-0.25, -0.2) is 0 Å². The van der Waals surface area contributed by atoms with Crippen molar-refractivity contribution >= 4 is 0 Å². The van der Waals surface area contributed by atoms with Gasteiger partial charge in [0.05, 0.1) is 25.9 Å². The van der Waals surface area contributed by atoms with Gasteiger partial charge in [0, 0.05) is 26.2 Å². The van der Waals surface area contributed by atoms with E-state index in [-0.39, 0.29) is 0 Å². The maximum Gasteiger partial charge on any atom is 0.0900 e. The van der Waals surface area contributed by atoms with Gasteiger partial charge in [-0.2, -0.15) is 0 Å². The predicted molar refractivity (Wildman–Crippen MR) is 78.6 cm³/mol. The zero-order valence-corrected chi connectivity index (χ0v) is 13.1. The van der Waals surface area contributed by atoms with Gasteiger partial charge in [-0.3, -0.25) is 0 Å². The zero-order valence-electron chi connectivity index (χ0n) is 13.1. The van der Waals surface area contributed by atoms with Crippen molar-refractivity contribution in [3.63, 3.8) is 0 Å². The van der Waals surface area contributed by atoms with Crippen LogP contribution >= 0.6 is 0 Å². The van der Waals surface area contributed by atoms with E-state index in [1.54, 1.807) is 0 Å². The summed E-state index contributed by atoms with van der Waals surface area (Å²) in [5.41, 5.74) is 0. The molecule has 0 rings (SSSR count). The molecule has 0 radical (unpaired) electrons. The van der Waals surface area contributed by atoms with Crippen molar-refractivity contribution in [1.29, 1.82) is 0 Å². The second-order valence-electron chi connectivity index (χ2n) is 5.26. The molecule has 116 valence electrons. The fourth-order valence-electron chi connectivity index (χ4n) is 1.54. The molecule has 19 heavy (non-hydrogen) atoms. The molecule has 1 N–H and O–H groups in total. The molecule has 0 spiro atoms. The molecule has 0 aliphatic carbocycles. The van der Waals surface area contributed by atoms with Gasteiger partial charge in [0.15, 0.2) is 0 Å². The fraction of sp³-hybridized carbons (Fsp3) is 1.00. The van der Waals surface area contributed by atoms with Crippen LogP contribution in [-0.4, -0.2) is 88.2 Å². The number of aliphatic hydroxyl groups is 1. The number of aliphatic hydroxyl groups excluding tert-OH is 1. The van der Waals surface area contributed by atoms with E-state index >= 15 is 0 Å². The molecule has 0 aromatic rings. The minimum absolute atomic E-state index is 0.413. The van der Waals surface area contributed by atoms with E-state index in [1.807, 2.05) is 21.1 Å². The molecule has 0 bridgehead atoms. The molecule has 0 aromatic carbocycles. The maximum atomic E-state index is 9.78. The first-order chi connectivity index (χ1) is 9.06. The van der Waals surface area contributed by atoms with Gasteiger partial charge in [0.1, 0.15) is 0 Å². The summed E-state index contributed by atoms with van der Waals surface area (Å²) in [5, 5.41) is 9.78. The normalized spacial score (nSPS) is 13.4.